The Balaban J connectivity index is 2.02. The van der Waals surface area contributed by atoms with E-state index in [1.807, 2.05) is 0 Å². The average Bonchev–Trinajstić information content (AvgIpc) is 2.64. The molecule has 0 spiro atoms. The highest BCUT2D eigenvalue weighted by Crippen LogP contribution is 2.31. The zero-order valence-electron chi connectivity index (χ0n) is 15.3. The summed E-state index contributed by atoms with van der Waals surface area (Å²) in [6, 6.07) is 8.12. The molecule has 1 amide bonds. The Bertz CT molecular complexity index is 858. The SMILES string of the molecule is COc1cc(Cl)c(C)cc1NC(=O)[C@H](C)OC(=O)c1ccc(OC(F)F)cc1. The molecule has 2 aromatic carbocycles. The van der Waals surface area contributed by atoms with E-state index in [0.717, 1.165) is 5.56 Å². The Morgan fingerprint density at radius 3 is 2.36 bits per heavy atom. The molecule has 0 aromatic heterocycles. The summed E-state index contributed by atoms with van der Waals surface area (Å²) in [5.74, 6) is -1.10. The van der Waals surface area contributed by atoms with Gasteiger partial charge in [0, 0.05) is 11.1 Å². The Hall–Kier alpha value is -2.87. The highest BCUT2D eigenvalue weighted by Gasteiger charge is 2.21. The Morgan fingerprint density at radius 2 is 1.79 bits per heavy atom. The van der Waals surface area contributed by atoms with Crippen LogP contribution in [0.4, 0.5) is 14.5 Å². The third kappa shape index (κ3) is 5.56. The summed E-state index contributed by atoms with van der Waals surface area (Å²) in [7, 11) is 1.43. The number of aryl methyl sites for hydroxylation is 1. The maximum absolute atomic E-state index is 12.3. The van der Waals surface area contributed by atoms with Crippen molar-refractivity contribution < 1.29 is 32.6 Å². The number of esters is 1. The van der Waals surface area contributed by atoms with Crippen molar-refractivity contribution in [1.82, 2.24) is 0 Å². The number of ether oxygens (including phenoxy) is 3. The van der Waals surface area contributed by atoms with E-state index in [1.54, 1.807) is 19.1 Å². The monoisotopic (exact) mass is 413 g/mol. The predicted octanol–water partition coefficient (Wildman–Crippen LogP) is 4.44. The molecule has 1 N–H and O–H groups in total. The fourth-order valence-electron chi connectivity index (χ4n) is 2.22. The molecule has 0 aliphatic carbocycles. The standard InChI is InChI=1S/C19H18ClF2NO5/c1-10-8-15(16(26-3)9-14(10)20)23-17(24)11(2)27-18(25)12-4-6-13(7-5-12)28-19(21)22/h4-9,11,19H,1-3H3,(H,23,24)/t11-/m0/s1. The van der Waals surface area contributed by atoms with Crippen LogP contribution in [-0.2, 0) is 9.53 Å². The molecule has 0 heterocycles. The van der Waals surface area contributed by atoms with Crippen LogP contribution in [0.25, 0.3) is 0 Å². The summed E-state index contributed by atoms with van der Waals surface area (Å²) < 4.78 is 38.8. The van der Waals surface area contributed by atoms with Crippen molar-refractivity contribution in [3.8, 4) is 11.5 Å². The highest BCUT2D eigenvalue weighted by atomic mass is 35.5. The van der Waals surface area contributed by atoms with E-state index in [4.69, 9.17) is 21.1 Å². The number of alkyl halides is 2. The minimum Gasteiger partial charge on any atom is -0.495 e. The number of methoxy groups -OCH3 is 1. The minimum atomic E-state index is -2.96. The highest BCUT2D eigenvalue weighted by molar-refractivity contribution is 6.31. The van der Waals surface area contributed by atoms with Gasteiger partial charge in [0.25, 0.3) is 5.91 Å². The van der Waals surface area contributed by atoms with Gasteiger partial charge < -0.3 is 19.5 Å². The zero-order chi connectivity index (χ0) is 20.8. The van der Waals surface area contributed by atoms with Gasteiger partial charge in [-0.25, -0.2) is 4.79 Å². The third-order valence-electron chi connectivity index (χ3n) is 3.71. The summed E-state index contributed by atoms with van der Waals surface area (Å²) in [6.07, 6.45) is -1.12. The van der Waals surface area contributed by atoms with Crippen molar-refractivity contribution >= 4 is 29.2 Å². The van der Waals surface area contributed by atoms with Crippen LogP contribution < -0.4 is 14.8 Å². The van der Waals surface area contributed by atoms with Crippen molar-refractivity contribution in [1.29, 1.82) is 0 Å². The first kappa shape index (κ1) is 21.4. The van der Waals surface area contributed by atoms with Crippen LogP contribution in [0.3, 0.4) is 0 Å². The summed E-state index contributed by atoms with van der Waals surface area (Å²) in [5.41, 5.74) is 1.19. The van der Waals surface area contributed by atoms with Crippen LogP contribution >= 0.6 is 11.6 Å². The van der Waals surface area contributed by atoms with Gasteiger partial charge in [-0.2, -0.15) is 8.78 Å². The number of carbonyl (C=O) groups is 2. The molecule has 9 heteroatoms. The van der Waals surface area contributed by atoms with E-state index in [9.17, 15) is 18.4 Å². The van der Waals surface area contributed by atoms with E-state index in [0.29, 0.717) is 16.5 Å². The first-order valence-electron chi connectivity index (χ1n) is 8.12. The van der Waals surface area contributed by atoms with E-state index >= 15 is 0 Å². The number of rotatable bonds is 7. The molecule has 0 unspecified atom stereocenters. The van der Waals surface area contributed by atoms with Gasteiger partial charge in [-0.1, -0.05) is 11.6 Å². The number of benzene rings is 2. The van der Waals surface area contributed by atoms with E-state index in [2.05, 4.69) is 10.1 Å². The van der Waals surface area contributed by atoms with Crippen molar-refractivity contribution in [3.05, 3.63) is 52.5 Å². The lowest BCUT2D eigenvalue weighted by molar-refractivity contribution is -0.123. The molecular weight excluding hydrogens is 396 g/mol. The van der Waals surface area contributed by atoms with Crippen molar-refractivity contribution in [2.24, 2.45) is 0 Å². The van der Waals surface area contributed by atoms with Gasteiger partial charge in [0.1, 0.15) is 11.5 Å². The lowest BCUT2D eigenvalue weighted by Crippen LogP contribution is -2.30. The van der Waals surface area contributed by atoms with Crippen LogP contribution in [0.15, 0.2) is 36.4 Å². The average molecular weight is 414 g/mol. The molecule has 0 aliphatic rings. The van der Waals surface area contributed by atoms with Gasteiger partial charge in [0.05, 0.1) is 18.4 Å². The largest absolute Gasteiger partial charge is 0.495 e. The number of hydrogen-bond acceptors (Lipinski definition) is 5. The maximum atomic E-state index is 12.3. The Morgan fingerprint density at radius 1 is 1.14 bits per heavy atom. The number of amides is 1. The summed E-state index contributed by atoms with van der Waals surface area (Å²) in [6.45, 7) is 0.203. The fourth-order valence-corrected chi connectivity index (χ4v) is 2.37. The lowest BCUT2D eigenvalue weighted by atomic mass is 10.2. The molecule has 0 saturated carbocycles. The van der Waals surface area contributed by atoms with E-state index < -0.39 is 24.6 Å². The number of carbonyl (C=O) groups excluding carboxylic acids is 2. The molecule has 0 radical (unpaired) electrons. The molecule has 150 valence electrons. The number of hydrogen-bond donors (Lipinski definition) is 1. The number of anilines is 1. The molecule has 0 aliphatic heterocycles. The first-order chi connectivity index (χ1) is 13.2. The van der Waals surface area contributed by atoms with Gasteiger partial charge in [0.2, 0.25) is 0 Å². The molecule has 6 nitrogen and oxygen atoms in total. The molecule has 2 aromatic rings. The summed E-state index contributed by atoms with van der Waals surface area (Å²) in [5, 5.41) is 3.09. The van der Waals surface area contributed by atoms with Crippen LogP contribution in [-0.4, -0.2) is 31.7 Å². The molecule has 0 bridgehead atoms. The molecule has 0 fully saturated rings. The summed E-state index contributed by atoms with van der Waals surface area (Å²) in [4.78, 5) is 24.5. The quantitative estimate of drug-likeness (QED) is 0.679. The third-order valence-corrected chi connectivity index (χ3v) is 4.11. The Kier molecular flexibility index (Phi) is 7.17. The maximum Gasteiger partial charge on any atom is 0.387 e. The van der Waals surface area contributed by atoms with Crippen LogP contribution in [0.2, 0.25) is 5.02 Å². The fraction of sp³-hybridized carbons (Fsp3) is 0.263. The summed E-state index contributed by atoms with van der Waals surface area (Å²) >= 11 is 6.03. The normalized spacial score (nSPS) is 11.7. The second-order valence-corrected chi connectivity index (χ2v) is 6.15. The predicted molar refractivity (Wildman–Crippen MR) is 99.3 cm³/mol. The van der Waals surface area contributed by atoms with Crippen molar-refractivity contribution in [2.75, 3.05) is 12.4 Å². The topological polar surface area (TPSA) is 73.9 Å². The Labute approximate surface area is 165 Å². The second-order valence-electron chi connectivity index (χ2n) is 5.74. The zero-order valence-corrected chi connectivity index (χ0v) is 16.0. The molecule has 0 saturated heterocycles. The molecular formula is C19H18ClF2NO5. The van der Waals surface area contributed by atoms with Crippen molar-refractivity contribution in [3.63, 3.8) is 0 Å². The van der Waals surface area contributed by atoms with Crippen LogP contribution in [0.5, 0.6) is 11.5 Å². The van der Waals surface area contributed by atoms with Crippen molar-refractivity contribution in [2.45, 2.75) is 26.6 Å². The van der Waals surface area contributed by atoms with Crippen LogP contribution in [0, 0.1) is 6.92 Å². The molecule has 1 atom stereocenters. The lowest BCUT2D eigenvalue weighted by Gasteiger charge is -2.16. The number of nitrogens with one attached hydrogen (secondary N) is 1. The van der Waals surface area contributed by atoms with Crippen LogP contribution in [0.1, 0.15) is 22.8 Å². The first-order valence-corrected chi connectivity index (χ1v) is 8.50. The van der Waals surface area contributed by atoms with Gasteiger partial charge in [-0.3, -0.25) is 4.79 Å². The number of halogens is 3. The van der Waals surface area contributed by atoms with E-state index in [1.165, 1.54) is 38.3 Å². The van der Waals surface area contributed by atoms with Gasteiger partial charge in [0.15, 0.2) is 6.10 Å². The van der Waals surface area contributed by atoms with Gasteiger partial charge >= 0.3 is 12.6 Å². The molecule has 2 rings (SSSR count). The van der Waals surface area contributed by atoms with Gasteiger partial charge in [-0.15, -0.1) is 0 Å². The van der Waals surface area contributed by atoms with Gasteiger partial charge in [-0.05, 0) is 49.7 Å². The second kappa shape index (κ2) is 9.36. The van der Waals surface area contributed by atoms with E-state index in [-0.39, 0.29) is 11.3 Å². The minimum absolute atomic E-state index is 0.0844. The smallest absolute Gasteiger partial charge is 0.387 e. The molecule has 28 heavy (non-hydrogen) atoms.